The van der Waals surface area contributed by atoms with Crippen LogP contribution in [0.1, 0.15) is 6.42 Å². The number of para-hydroxylation sites is 2. The van der Waals surface area contributed by atoms with Gasteiger partial charge in [-0.3, -0.25) is 13.9 Å². The molecule has 0 bridgehead atoms. The van der Waals surface area contributed by atoms with Crippen LogP contribution >= 0.6 is 0 Å². The predicted molar refractivity (Wildman–Crippen MR) is 79.1 cm³/mol. The van der Waals surface area contributed by atoms with Crippen LogP contribution in [0, 0.1) is 0 Å². The second-order valence-corrected chi connectivity index (χ2v) is 6.39. The molecule has 0 saturated carbocycles. The Morgan fingerprint density at radius 3 is 2.81 bits per heavy atom. The Hall–Kier alpha value is -1.60. The highest BCUT2D eigenvalue weighted by Crippen LogP contribution is 2.27. The van der Waals surface area contributed by atoms with Crippen molar-refractivity contribution in [3.63, 3.8) is 0 Å². The fraction of sp³-hybridized carbons (Fsp3) is 0.500. The third-order valence-electron chi connectivity index (χ3n) is 3.35. The number of rotatable bonds is 7. The van der Waals surface area contributed by atoms with Gasteiger partial charge in [-0.15, -0.1) is 0 Å². The van der Waals surface area contributed by atoms with E-state index < -0.39 is 16.8 Å². The third-order valence-corrected chi connectivity index (χ3v) is 4.98. The summed E-state index contributed by atoms with van der Waals surface area (Å²) in [4.78, 5) is 12.6. The van der Waals surface area contributed by atoms with Crippen LogP contribution in [0.2, 0.25) is 0 Å². The van der Waals surface area contributed by atoms with Crippen molar-refractivity contribution in [2.45, 2.75) is 11.8 Å². The Balaban J connectivity index is 1.96. The van der Waals surface area contributed by atoms with Crippen molar-refractivity contribution in [3.8, 4) is 11.5 Å². The molecule has 2 rings (SSSR count). The molecule has 1 aliphatic rings. The monoisotopic (exact) mass is 313 g/mol. The van der Waals surface area contributed by atoms with Gasteiger partial charge < -0.3 is 14.6 Å². The molecule has 2 atom stereocenters. The van der Waals surface area contributed by atoms with E-state index in [2.05, 4.69) is 0 Å². The Kier molecular flexibility index (Phi) is 5.58. The minimum Gasteiger partial charge on any atom is -0.493 e. The van der Waals surface area contributed by atoms with Crippen LogP contribution in [-0.2, 0) is 15.6 Å². The van der Waals surface area contributed by atoms with Gasteiger partial charge in [0.15, 0.2) is 11.5 Å². The van der Waals surface area contributed by atoms with Gasteiger partial charge in [0.05, 0.1) is 13.5 Å². The molecule has 0 aliphatic carbocycles. The van der Waals surface area contributed by atoms with Crippen molar-refractivity contribution >= 4 is 16.8 Å². The van der Waals surface area contributed by atoms with E-state index in [9.17, 15) is 9.00 Å². The van der Waals surface area contributed by atoms with Crippen LogP contribution in [-0.4, -0.2) is 58.1 Å². The Labute approximate surface area is 126 Å². The van der Waals surface area contributed by atoms with Crippen molar-refractivity contribution in [1.82, 2.24) is 4.90 Å². The lowest BCUT2D eigenvalue weighted by atomic mass is 10.3. The molecule has 1 unspecified atom stereocenters. The zero-order valence-corrected chi connectivity index (χ0v) is 12.7. The largest absolute Gasteiger partial charge is 0.493 e. The maximum atomic E-state index is 12.0. The van der Waals surface area contributed by atoms with Crippen LogP contribution in [0.15, 0.2) is 24.3 Å². The predicted octanol–water partition coefficient (Wildman–Crippen LogP) is 0.939. The molecule has 21 heavy (non-hydrogen) atoms. The van der Waals surface area contributed by atoms with Gasteiger partial charge in [-0.1, -0.05) is 12.1 Å². The van der Waals surface area contributed by atoms with Gasteiger partial charge in [-0.05, 0) is 12.1 Å². The summed E-state index contributed by atoms with van der Waals surface area (Å²) in [6, 6.07) is 7.27. The molecule has 1 saturated heterocycles. The van der Waals surface area contributed by atoms with Gasteiger partial charge >= 0.3 is 5.97 Å². The van der Waals surface area contributed by atoms with Crippen LogP contribution in [0.5, 0.6) is 11.5 Å². The number of hydrogen-bond acceptors (Lipinski definition) is 5. The van der Waals surface area contributed by atoms with Crippen molar-refractivity contribution in [1.29, 1.82) is 0 Å². The van der Waals surface area contributed by atoms with Crippen LogP contribution in [0.3, 0.4) is 0 Å². The van der Waals surface area contributed by atoms with E-state index in [1.54, 1.807) is 19.2 Å². The van der Waals surface area contributed by atoms with Crippen LogP contribution < -0.4 is 9.47 Å². The standard InChI is InChI=1S/C14H19NO5S/c1-19-11-4-2-3-5-12(11)20-10-13-15(7-6-14(16)17)8-9-21(13)18/h2-5,13H,6-10H2,1H3,(H,16,17)/t13-,21?/m0/s1. The average molecular weight is 313 g/mol. The number of ether oxygens (including phenoxy) is 2. The quantitative estimate of drug-likeness (QED) is 0.807. The van der Waals surface area contributed by atoms with E-state index in [1.807, 2.05) is 17.0 Å². The van der Waals surface area contributed by atoms with E-state index >= 15 is 0 Å². The SMILES string of the molecule is COc1ccccc1OC[C@H]1N(CCC(=O)O)CCS1=O. The minimum atomic E-state index is -1.02. The highest BCUT2D eigenvalue weighted by Gasteiger charge is 2.32. The van der Waals surface area contributed by atoms with E-state index in [-0.39, 0.29) is 18.4 Å². The molecule has 1 aromatic carbocycles. The molecule has 1 aliphatic heterocycles. The molecule has 0 radical (unpaired) electrons. The number of benzene rings is 1. The van der Waals surface area contributed by atoms with Gasteiger partial charge in [0.25, 0.3) is 0 Å². The summed E-state index contributed by atoms with van der Waals surface area (Å²) in [6.07, 6.45) is 0.0440. The van der Waals surface area contributed by atoms with Crippen molar-refractivity contribution in [2.24, 2.45) is 0 Å². The van der Waals surface area contributed by atoms with Gasteiger partial charge in [0.2, 0.25) is 0 Å². The second-order valence-electron chi connectivity index (χ2n) is 4.68. The smallest absolute Gasteiger partial charge is 0.304 e. The first-order chi connectivity index (χ1) is 10.1. The summed E-state index contributed by atoms with van der Waals surface area (Å²) in [5.74, 6) is 0.928. The zero-order chi connectivity index (χ0) is 15.2. The molecule has 1 N–H and O–H groups in total. The molecule has 116 valence electrons. The molecule has 0 spiro atoms. The van der Waals surface area contributed by atoms with E-state index in [1.165, 1.54) is 0 Å². The normalized spacial score (nSPS) is 22.1. The summed E-state index contributed by atoms with van der Waals surface area (Å²) in [6.45, 7) is 1.29. The number of hydrogen-bond donors (Lipinski definition) is 1. The third kappa shape index (κ3) is 4.18. The Morgan fingerprint density at radius 2 is 2.14 bits per heavy atom. The van der Waals surface area contributed by atoms with Crippen molar-refractivity contribution in [3.05, 3.63) is 24.3 Å². The van der Waals surface area contributed by atoms with Crippen molar-refractivity contribution < 1.29 is 23.6 Å². The summed E-state index contributed by atoms with van der Waals surface area (Å²) in [7, 11) is 0.544. The molecule has 6 nitrogen and oxygen atoms in total. The molecule has 1 fully saturated rings. The fourth-order valence-corrected chi connectivity index (χ4v) is 3.68. The molecule has 7 heteroatoms. The Bertz CT molecular complexity index is 522. The number of carbonyl (C=O) groups is 1. The second kappa shape index (κ2) is 7.42. The molecule has 1 aromatic rings. The van der Waals surface area contributed by atoms with Crippen LogP contribution in [0.4, 0.5) is 0 Å². The lowest BCUT2D eigenvalue weighted by Gasteiger charge is -2.22. The number of nitrogens with zero attached hydrogens (tertiary/aromatic N) is 1. The van der Waals surface area contributed by atoms with Crippen molar-refractivity contribution in [2.75, 3.05) is 32.6 Å². The molecule has 0 aromatic heterocycles. The van der Waals surface area contributed by atoms with E-state index in [0.717, 1.165) is 0 Å². The topological polar surface area (TPSA) is 76.1 Å². The zero-order valence-electron chi connectivity index (χ0n) is 11.9. The minimum absolute atomic E-state index is 0.0440. The van der Waals surface area contributed by atoms with Crippen LogP contribution in [0.25, 0.3) is 0 Å². The maximum absolute atomic E-state index is 12.0. The molecular formula is C14H19NO5S. The first-order valence-electron chi connectivity index (χ1n) is 6.70. The van der Waals surface area contributed by atoms with E-state index in [0.29, 0.717) is 30.3 Å². The average Bonchev–Trinajstić information content (AvgIpc) is 2.83. The fourth-order valence-electron chi connectivity index (χ4n) is 2.23. The summed E-state index contributed by atoms with van der Waals surface area (Å²) >= 11 is 0. The maximum Gasteiger partial charge on any atom is 0.304 e. The summed E-state index contributed by atoms with van der Waals surface area (Å²) < 4.78 is 22.9. The van der Waals surface area contributed by atoms with Gasteiger partial charge in [0.1, 0.15) is 12.0 Å². The summed E-state index contributed by atoms with van der Waals surface area (Å²) in [5, 5.41) is 8.48. The number of aliphatic carboxylic acids is 1. The van der Waals surface area contributed by atoms with Gasteiger partial charge in [-0.2, -0.15) is 0 Å². The van der Waals surface area contributed by atoms with Gasteiger partial charge in [0, 0.05) is 29.6 Å². The highest BCUT2D eigenvalue weighted by atomic mass is 32.2. The van der Waals surface area contributed by atoms with E-state index in [4.69, 9.17) is 14.6 Å². The molecule has 1 heterocycles. The first kappa shape index (κ1) is 15.8. The number of carboxylic acids is 1. The number of methoxy groups -OCH3 is 1. The number of carboxylic acid groups (broad SMARTS) is 1. The Morgan fingerprint density at radius 1 is 1.43 bits per heavy atom. The molecular weight excluding hydrogens is 294 g/mol. The first-order valence-corrected chi connectivity index (χ1v) is 8.09. The van der Waals surface area contributed by atoms with Gasteiger partial charge in [-0.25, -0.2) is 0 Å². The highest BCUT2D eigenvalue weighted by molar-refractivity contribution is 7.85. The molecule has 0 amide bonds. The lowest BCUT2D eigenvalue weighted by Crippen LogP contribution is -2.37. The summed E-state index contributed by atoms with van der Waals surface area (Å²) in [5.41, 5.74) is 0. The lowest BCUT2D eigenvalue weighted by molar-refractivity contribution is -0.137.